The van der Waals surface area contributed by atoms with Crippen LogP contribution in [-0.2, 0) is 4.79 Å². The second-order valence-corrected chi connectivity index (χ2v) is 5.09. The molecule has 0 radical (unpaired) electrons. The molecule has 1 N–H and O–H groups in total. The number of aliphatic hydroxyl groups excluding tert-OH is 1. The number of aliphatic carboxylic acids is 1. The Morgan fingerprint density at radius 1 is 0.684 bits per heavy atom. The van der Waals surface area contributed by atoms with Crippen LogP contribution in [0.15, 0.2) is 0 Å². The first-order chi connectivity index (χ1) is 8.77. The maximum Gasteiger partial charge on any atom is 1.00 e. The number of hydrogen-bond donors (Lipinski definition) is 1. The zero-order chi connectivity index (χ0) is 13.5. The first-order valence-corrected chi connectivity index (χ1v) is 7.58. The molecule has 0 amide bonds. The van der Waals surface area contributed by atoms with Crippen molar-refractivity contribution in [3.8, 4) is 0 Å². The summed E-state index contributed by atoms with van der Waals surface area (Å²) in [6.45, 7) is 0.331. The van der Waals surface area contributed by atoms with E-state index < -0.39 is 5.97 Å². The number of rotatable bonds is 14. The first kappa shape index (κ1) is 21.7. The standard InChI is InChI=1S/C15H30O3.Na/c16-14-12-10-8-6-4-2-1-3-5-7-9-11-13-15(17)18;/h16H,1-14H2,(H,17,18);/q;+1/p-1. The Bertz CT molecular complexity index is 186. The van der Waals surface area contributed by atoms with Gasteiger partial charge in [0.2, 0.25) is 0 Å². The van der Waals surface area contributed by atoms with E-state index in [1.807, 2.05) is 0 Å². The van der Waals surface area contributed by atoms with E-state index in [9.17, 15) is 9.90 Å². The minimum absolute atomic E-state index is 0. The molecule has 0 unspecified atom stereocenters. The summed E-state index contributed by atoms with van der Waals surface area (Å²) in [6.07, 6.45) is 14.3. The number of carboxylic acids is 1. The maximum absolute atomic E-state index is 10.2. The Labute approximate surface area is 140 Å². The molecular weight excluding hydrogens is 251 g/mol. The number of hydrogen-bond acceptors (Lipinski definition) is 3. The predicted molar refractivity (Wildman–Crippen MR) is 72.1 cm³/mol. The SMILES string of the molecule is O=C([O-])CCCCCCCCCCCCCCO.[Na+]. The van der Waals surface area contributed by atoms with Crippen molar-refractivity contribution in [2.45, 2.75) is 83.5 Å². The summed E-state index contributed by atoms with van der Waals surface area (Å²) < 4.78 is 0. The van der Waals surface area contributed by atoms with E-state index >= 15 is 0 Å². The molecule has 0 aliphatic heterocycles. The number of carbonyl (C=O) groups is 1. The molecule has 3 nitrogen and oxygen atoms in total. The molecule has 0 bridgehead atoms. The molecule has 0 aromatic heterocycles. The van der Waals surface area contributed by atoms with Crippen LogP contribution in [0.1, 0.15) is 83.5 Å². The number of aliphatic hydroxyl groups is 1. The average Bonchev–Trinajstić information content (AvgIpc) is 2.34. The minimum atomic E-state index is -0.920. The fraction of sp³-hybridized carbons (Fsp3) is 0.933. The van der Waals surface area contributed by atoms with Crippen molar-refractivity contribution in [3.05, 3.63) is 0 Å². The maximum atomic E-state index is 10.2. The van der Waals surface area contributed by atoms with E-state index in [-0.39, 0.29) is 36.0 Å². The van der Waals surface area contributed by atoms with Gasteiger partial charge in [-0.1, -0.05) is 64.2 Å². The molecule has 0 rings (SSSR count). The van der Waals surface area contributed by atoms with Gasteiger partial charge in [-0.05, 0) is 19.3 Å². The van der Waals surface area contributed by atoms with Crippen LogP contribution in [-0.4, -0.2) is 17.7 Å². The molecule has 108 valence electrons. The van der Waals surface area contributed by atoms with Crippen molar-refractivity contribution in [3.63, 3.8) is 0 Å². The van der Waals surface area contributed by atoms with Gasteiger partial charge in [0.25, 0.3) is 0 Å². The fourth-order valence-electron chi connectivity index (χ4n) is 2.15. The summed E-state index contributed by atoms with van der Waals surface area (Å²) in [6, 6.07) is 0. The molecule has 0 aromatic rings. The Kier molecular flexibility index (Phi) is 21.1. The monoisotopic (exact) mass is 280 g/mol. The molecule has 0 saturated heterocycles. The second kappa shape index (κ2) is 18.4. The van der Waals surface area contributed by atoms with Gasteiger partial charge in [-0.25, -0.2) is 0 Å². The van der Waals surface area contributed by atoms with Crippen molar-refractivity contribution in [1.29, 1.82) is 0 Å². The van der Waals surface area contributed by atoms with Gasteiger partial charge in [-0.2, -0.15) is 0 Å². The van der Waals surface area contributed by atoms with Gasteiger partial charge >= 0.3 is 29.6 Å². The summed E-state index contributed by atoms with van der Waals surface area (Å²) in [5, 5.41) is 18.8. The van der Waals surface area contributed by atoms with E-state index in [1.54, 1.807) is 0 Å². The van der Waals surface area contributed by atoms with Crippen molar-refractivity contribution in [2.24, 2.45) is 0 Å². The van der Waals surface area contributed by atoms with Gasteiger partial charge in [0.15, 0.2) is 0 Å². The van der Waals surface area contributed by atoms with Crippen LogP contribution in [0.5, 0.6) is 0 Å². The average molecular weight is 280 g/mol. The third-order valence-electron chi connectivity index (χ3n) is 3.29. The molecule has 0 aliphatic rings. The van der Waals surface area contributed by atoms with Crippen LogP contribution in [0.2, 0.25) is 0 Å². The molecule has 19 heavy (non-hydrogen) atoms. The zero-order valence-corrected chi connectivity index (χ0v) is 14.7. The molecular formula is C15H29NaO3. The number of carbonyl (C=O) groups excluding carboxylic acids is 1. The Morgan fingerprint density at radius 2 is 1.00 bits per heavy atom. The van der Waals surface area contributed by atoms with Crippen LogP contribution in [0.3, 0.4) is 0 Å². The van der Waals surface area contributed by atoms with Crippen LogP contribution in [0.25, 0.3) is 0 Å². The summed E-state index contributed by atoms with van der Waals surface area (Å²) in [5.41, 5.74) is 0. The summed E-state index contributed by atoms with van der Waals surface area (Å²) in [5.74, 6) is -0.920. The van der Waals surface area contributed by atoms with Gasteiger partial charge in [0.1, 0.15) is 0 Å². The fourth-order valence-corrected chi connectivity index (χ4v) is 2.15. The van der Waals surface area contributed by atoms with E-state index in [0.29, 0.717) is 6.61 Å². The van der Waals surface area contributed by atoms with Crippen LogP contribution in [0.4, 0.5) is 0 Å². The van der Waals surface area contributed by atoms with E-state index in [0.717, 1.165) is 32.1 Å². The molecule has 0 heterocycles. The number of carboxylic acid groups (broad SMARTS) is 1. The first-order valence-electron chi connectivity index (χ1n) is 7.58. The van der Waals surface area contributed by atoms with Crippen molar-refractivity contribution in [2.75, 3.05) is 6.61 Å². The molecule has 0 atom stereocenters. The topological polar surface area (TPSA) is 60.4 Å². The van der Waals surface area contributed by atoms with Crippen molar-refractivity contribution >= 4 is 5.97 Å². The summed E-state index contributed by atoms with van der Waals surface area (Å²) in [7, 11) is 0. The zero-order valence-electron chi connectivity index (χ0n) is 12.7. The summed E-state index contributed by atoms with van der Waals surface area (Å²) >= 11 is 0. The molecule has 0 aliphatic carbocycles. The second-order valence-electron chi connectivity index (χ2n) is 5.09. The summed E-state index contributed by atoms with van der Waals surface area (Å²) in [4.78, 5) is 10.2. The van der Waals surface area contributed by atoms with Crippen LogP contribution >= 0.6 is 0 Å². The number of unbranched alkanes of at least 4 members (excludes halogenated alkanes) is 11. The normalized spacial score (nSPS) is 10.2. The van der Waals surface area contributed by atoms with Gasteiger partial charge in [0.05, 0.1) is 0 Å². The van der Waals surface area contributed by atoms with E-state index in [1.165, 1.54) is 44.9 Å². The molecule has 0 fully saturated rings. The van der Waals surface area contributed by atoms with Gasteiger partial charge < -0.3 is 15.0 Å². The molecule has 4 heteroatoms. The van der Waals surface area contributed by atoms with Crippen molar-refractivity contribution < 1.29 is 44.6 Å². The van der Waals surface area contributed by atoms with Crippen LogP contribution in [0, 0.1) is 0 Å². The largest absolute Gasteiger partial charge is 1.00 e. The Morgan fingerprint density at radius 3 is 1.32 bits per heavy atom. The smallest absolute Gasteiger partial charge is 0.550 e. The minimum Gasteiger partial charge on any atom is -0.550 e. The third kappa shape index (κ3) is 20.9. The Balaban J connectivity index is 0. The quantitative estimate of drug-likeness (QED) is 0.354. The predicted octanol–water partition coefficient (Wildman–Crippen LogP) is -0.196. The van der Waals surface area contributed by atoms with Crippen LogP contribution < -0.4 is 34.7 Å². The van der Waals surface area contributed by atoms with Gasteiger partial charge in [-0.3, -0.25) is 0 Å². The Hall–Kier alpha value is 0.430. The third-order valence-corrected chi connectivity index (χ3v) is 3.29. The molecule has 0 spiro atoms. The molecule has 0 saturated carbocycles. The van der Waals surface area contributed by atoms with E-state index in [2.05, 4.69) is 0 Å². The molecule has 0 aromatic carbocycles. The van der Waals surface area contributed by atoms with Gasteiger partial charge in [0, 0.05) is 12.6 Å². The van der Waals surface area contributed by atoms with Gasteiger partial charge in [-0.15, -0.1) is 0 Å². The van der Waals surface area contributed by atoms with Crippen molar-refractivity contribution in [1.82, 2.24) is 0 Å². The van der Waals surface area contributed by atoms with E-state index in [4.69, 9.17) is 5.11 Å².